The summed E-state index contributed by atoms with van der Waals surface area (Å²) in [6.45, 7) is 2.39. The Bertz CT molecular complexity index is 578. The summed E-state index contributed by atoms with van der Waals surface area (Å²) in [5.74, 6) is 0.0320. The molecule has 2 heterocycles. The molecule has 138 valence electrons. The number of piperidine rings is 1. The molecule has 1 atom stereocenters. The molecule has 2 aliphatic rings. The van der Waals surface area contributed by atoms with E-state index < -0.39 is 11.5 Å². The number of rotatable bonds is 6. The van der Waals surface area contributed by atoms with Gasteiger partial charge in [-0.15, -0.1) is 0 Å². The second kappa shape index (κ2) is 8.04. The van der Waals surface area contributed by atoms with Crippen molar-refractivity contribution in [3.8, 4) is 0 Å². The largest absolute Gasteiger partial charge is 0.481 e. The molecule has 2 N–H and O–H groups in total. The summed E-state index contributed by atoms with van der Waals surface area (Å²) in [7, 11) is 0. The molecule has 2 fully saturated rings. The molecule has 25 heavy (non-hydrogen) atoms. The van der Waals surface area contributed by atoms with Crippen LogP contribution < -0.4 is 5.32 Å². The molecule has 1 saturated heterocycles. The Morgan fingerprint density at radius 2 is 2.08 bits per heavy atom. The number of amides is 1. The van der Waals surface area contributed by atoms with Crippen LogP contribution in [-0.2, 0) is 16.1 Å². The van der Waals surface area contributed by atoms with E-state index in [1.165, 1.54) is 0 Å². The summed E-state index contributed by atoms with van der Waals surface area (Å²) >= 11 is 0. The van der Waals surface area contributed by atoms with Crippen molar-refractivity contribution in [3.63, 3.8) is 0 Å². The van der Waals surface area contributed by atoms with Gasteiger partial charge in [-0.05, 0) is 44.4 Å². The topological polar surface area (TPSA) is 82.8 Å². The summed E-state index contributed by atoms with van der Waals surface area (Å²) in [6, 6.07) is 3.83. The standard InChI is InChI=1S/C19H28N2O4/c22-17(23)12-19(8-2-1-3-9-19)20-18(24)15-6-4-10-21(13-15)14-16-7-5-11-25-16/h5,7,11,15H,1-4,6,8-10,12-14H2,(H,20,24)(H,22,23)/t15-/m1/s1. The van der Waals surface area contributed by atoms with Gasteiger partial charge in [-0.3, -0.25) is 14.5 Å². The molecule has 0 bridgehead atoms. The van der Waals surface area contributed by atoms with Crippen molar-refractivity contribution in [2.24, 2.45) is 5.92 Å². The lowest BCUT2D eigenvalue weighted by atomic mass is 9.78. The fourth-order valence-corrected chi connectivity index (χ4v) is 4.26. The maximum absolute atomic E-state index is 12.8. The normalized spacial score (nSPS) is 23.9. The zero-order valence-electron chi connectivity index (χ0n) is 14.7. The predicted octanol–water partition coefficient (Wildman–Crippen LogP) is 2.79. The van der Waals surface area contributed by atoms with Crippen molar-refractivity contribution in [1.29, 1.82) is 0 Å². The number of carboxylic acids is 1. The third kappa shape index (κ3) is 4.84. The molecule has 1 aromatic heterocycles. The van der Waals surface area contributed by atoms with E-state index in [0.29, 0.717) is 6.54 Å². The number of hydrogen-bond donors (Lipinski definition) is 2. The second-order valence-corrected chi connectivity index (χ2v) is 7.55. The Kier molecular flexibility index (Phi) is 5.78. The average Bonchev–Trinajstić information content (AvgIpc) is 3.08. The number of furan rings is 1. The highest BCUT2D eigenvalue weighted by Gasteiger charge is 2.38. The van der Waals surface area contributed by atoms with Gasteiger partial charge in [0.2, 0.25) is 5.91 Å². The van der Waals surface area contributed by atoms with E-state index in [9.17, 15) is 14.7 Å². The summed E-state index contributed by atoms with van der Waals surface area (Å²) in [5.41, 5.74) is -0.551. The van der Waals surface area contributed by atoms with Crippen LogP contribution in [0.15, 0.2) is 22.8 Å². The monoisotopic (exact) mass is 348 g/mol. The number of aliphatic carboxylic acids is 1. The van der Waals surface area contributed by atoms with Crippen molar-refractivity contribution >= 4 is 11.9 Å². The van der Waals surface area contributed by atoms with Gasteiger partial charge in [-0.2, -0.15) is 0 Å². The van der Waals surface area contributed by atoms with Gasteiger partial charge in [0.15, 0.2) is 0 Å². The minimum atomic E-state index is -0.828. The molecule has 0 aromatic carbocycles. The van der Waals surface area contributed by atoms with Crippen LogP contribution in [0.2, 0.25) is 0 Å². The lowest BCUT2D eigenvalue weighted by Gasteiger charge is -2.39. The minimum Gasteiger partial charge on any atom is -0.481 e. The quantitative estimate of drug-likeness (QED) is 0.826. The smallest absolute Gasteiger partial charge is 0.305 e. The first-order chi connectivity index (χ1) is 12.1. The van der Waals surface area contributed by atoms with E-state index in [1.807, 2.05) is 12.1 Å². The molecule has 6 nitrogen and oxygen atoms in total. The molecule has 0 unspecified atom stereocenters. The molecule has 1 amide bonds. The fraction of sp³-hybridized carbons (Fsp3) is 0.684. The van der Waals surface area contributed by atoms with Crippen LogP contribution in [0.5, 0.6) is 0 Å². The van der Waals surface area contributed by atoms with E-state index in [1.54, 1.807) is 6.26 Å². The van der Waals surface area contributed by atoms with Crippen LogP contribution in [0.1, 0.15) is 57.1 Å². The van der Waals surface area contributed by atoms with Crippen molar-refractivity contribution < 1.29 is 19.1 Å². The van der Waals surface area contributed by atoms with E-state index in [4.69, 9.17) is 4.42 Å². The number of likely N-dealkylation sites (tertiary alicyclic amines) is 1. The molecule has 0 radical (unpaired) electrons. The van der Waals surface area contributed by atoms with E-state index >= 15 is 0 Å². The van der Waals surface area contributed by atoms with Gasteiger partial charge in [0.1, 0.15) is 5.76 Å². The van der Waals surface area contributed by atoms with Gasteiger partial charge < -0.3 is 14.8 Å². The number of nitrogens with one attached hydrogen (secondary N) is 1. The summed E-state index contributed by atoms with van der Waals surface area (Å²) in [5, 5.41) is 12.4. The van der Waals surface area contributed by atoms with Gasteiger partial charge in [-0.25, -0.2) is 0 Å². The molecule has 1 saturated carbocycles. The van der Waals surface area contributed by atoms with Gasteiger partial charge in [0, 0.05) is 6.54 Å². The van der Waals surface area contributed by atoms with Gasteiger partial charge in [-0.1, -0.05) is 19.3 Å². The molecule has 0 spiro atoms. The average molecular weight is 348 g/mol. The molecule has 1 aliphatic carbocycles. The minimum absolute atomic E-state index is 0.0206. The fourth-order valence-electron chi connectivity index (χ4n) is 4.26. The molecule has 6 heteroatoms. The number of carbonyl (C=O) groups is 2. The van der Waals surface area contributed by atoms with Gasteiger partial charge in [0.25, 0.3) is 0 Å². The molecule has 1 aliphatic heterocycles. The van der Waals surface area contributed by atoms with Gasteiger partial charge in [0.05, 0.1) is 30.7 Å². The third-order valence-corrected chi connectivity index (χ3v) is 5.52. The van der Waals surface area contributed by atoms with E-state index in [0.717, 1.165) is 63.8 Å². The van der Waals surface area contributed by atoms with Crippen molar-refractivity contribution in [1.82, 2.24) is 10.2 Å². The SMILES string of the molecule is O=C(O)CC1(NC(=O)[C@@H]2CCCN(Cc3ccco3)C2)CCCCC1. The first-order valence-corrected chi connectivity index (χ1v) is 9.35. The molecular formula is C19H28N2O4. The maximum atomic E-state index is 12.8. The highest BCUT2D eigenvalue weighted by atomic mass is 16.4. The number of nitrogens with zero attached hydrogens (tertiary/aromatic N) is 1. The van der Waals surface area contributed by atoms with E-state index in [2.05, 4.69) is 10.2 Å². The van der Waals surface area contributed by atoms with Crippen LogP contribution in [0, 0.1) is 5.92 Å². The van der Waals surface area contributed by atoms with Crippen LogP contribution in [-0.4, -0.2) is 40.5 Å². The Hall–Kier alpha value is -1.82. The lowest BCUT2D eigenvalue weighted by molar-refractivity contribution is -0.140. The van der Waals surface area contributed by atoms with Gasteiger partial charge >= 0.3 is 5.97 Å². The zero-order valence-corrected chi connectivity index (χ0v) is 14.7. The highest BCUT2D eigenvalue weighted by Crippen LogP contribution is 2.32. The van der Waals surface area contributed by atoms with E-state index in [-0.39, 0.29) is 18.2 Å². The summed E-state index contributed by atoms with van der Waals surface area (Å²) in [6.07, 6.45) is 8.18. The second-order valence-electron chi connectivity index (χ2n) is 7.55. The number of hydrogen-bond acceptors (Lipinski definition) is 4. The van der Waals surface area contributed by atoms with Crippen LogP contribution in [0.3, 0.4) is 0 Å². The maximum Gasteiger partial charge on any atom is 0.305 e. The molecular weight excluding hydrogens is 320 g/mol. The van der Waals surface area contributed by atoms with Crippen LogP contribution in [0.25, 0.3) is 0 Å². The Balaban J connectivity index is 1.59. The number of carboxylic acid groups (broad SMARTS) is 1. The van der Waals surface area contributed by atoms with Crippen LogP contribution in [0.4, 0.5) is 0 Å². The van der Waals surface area contributed by atoms with Crippen molar-refractivity contribution in [2.45, 2.75) is 63.5 Å². The molecule has 1 aromatic rings. The van der Waals surface area contributed by atoms with Crippen molar-refractivity contribution in [3.05, 3.63) is 24.2 Å². The Morgan fingerprint density at radius 1 is 1.28 bits per heavy atom. The van der Waals surface area contributed by atoms with Crippen molar-refractivity contribution in [2.75, 3.05) is 13.1 Å². The first kappa shape index (κ1) is 18.0. The Labute approximate surface area is 148 Å². The third-order valence-electron chi connectivity index (χ3n) is 5.52. The summed E-state index contributed by atoms with van der Waals surface area (Å²) in [4.78, 5) is 26.4. The summed E-state index contributed by atoms with van der Waals surface area (Å²) < 4.78 is 5.41. The highest BCUT2D eigenvalue weighted by molar-refractivity contribution is 5.81. The number of carbonyl (C=O) groups excluding carboxylic acids is 1. The molecule has 3 rings (SSSR count). The predicted molar refractivity (Wildman–Crippen MR) is 92.9 cm³/mol. The Morgan fingerprint density at radius 3 is 2.76 bits per heavy atom. The zero-order chi connectivity index (χ0) is 17.7. The lowest BCUT2D eigenvalue weighted by Crippen LogP contribution is -2.54. The van der Waals surface area contributed by atoms with Crippen LogP contribution >= 0.6 is 0 Å². The first-order valence-electron chi connectivity index (χ1n) is 9.35.